The zero-order valence-corrected chi connectivity index (χ0v) is 18.1. The quantitative estimate of drug-likeness (QED) is 0.435. The van der Waals surface area contributed by atoms with Crippen LogP contribution in [0, 0.1) is 28.7 Å². The molecule has 10 heteroatoms. The summed E-state index contributed by atoms with van der Waals surface area (Å²) in [6.07, 6.45) is 0. The van der Waals surface area contributed by atoms with Gasteiger partial charge in [-0.3, -0.25) is 19.8 Å². The molecule has 0 saturated carbocycles. The summed E-state index contributed by atoms with van der Waals surface area (Å²) in [6, 6.07) is 7.53. The Kier molecular flexibility index (Phi) is 6.03. The molecule has 1 aliphatic rings. The maximum absolute atomic E-state index is 14.7. The second kappa shape index (κ2) is 8.38. The number of nitro groups is 1. The molecule has 0 fully saturated rings. The van der Waals surface area contributed by atoms with Crippen molar-refractivity contribution in [2.75, 3.05) is 19.0 Å². The number of rotatable bonds is 4. The fourth-order valence-electron chi connectivity index (χ4n) is 3.49. The summed E-state index contributed by atoms with van der Waals surface area (Å²) < 4.78 is 28.6. The number of nitrogens with one attached hydrogen (secondary N) is 1. The second-order valence-electron chi connectivity index (χ2n) is 7.34. The molecule has 2 aromatic carbocycles. The zero-order valence-electron chi connectivity index (χ0n) is 17.3. The van der Waals surface area contributed by atoms with Gasteiger partial charge < -0.3 is 10.2 Å². The summed E-state index contributed by atoms with van der Waals surface area (Å²) in [7, 11) is 3.07. The fraction of sp³-hybridized carbons (Fsp3) is 0.238. The Hall–Kier alpha value is -3.40. The van der Waals surface area contributed by atoms with Gasteiger partial charge >= 0.3 is 5.69 Å². The van der Waals surface area contributed by atoms with Gasteiger partial charge in [0.2, 0.25) is 5.82 Å². The summed E-state index contributed by atoms with van der Waals surface area (Å²) >= 11 is 5.49. The number of anilines is 1. The lowest BCUT2D eigenvalue weighted by Crippen LogP contribution is -2.49. The second-order valence-corrected chi connectivity index (χ2v) is 7.72. The molecule has 0 aliphatic carbocycles. The smallest absolute Gasteiger partial charge is 0.305 e. The van der Waals surface area contributed by atoms with Crippen molar-refractivity contribution < 1.29 is 18.5 Å². The third kappa shape index (κ3) is 4.11. The van der Waals surface area contributed by atoms with E-state index in [1.807, 2.05) is 31.2 Å². The number of carbonyl (C=O) groups is 1. The van der Waals surface area contributed by atoms with Crippen LogP contribution in [0.3, 0.4) is 0 Å². The van der Waals surface area contributed by atoms with Gasteiger partial charge in [-0.2, -0.15) is 4.39 Å². The highest BCUT2D eigenvalue weighted by molar-refractivity contribution is 7.80. The molecule has 1 atom stereocenters. The first-order valence-electron chi connectivity index (χ1n) is 9.26. The lowest BCUT2D eigenvalue weighted by molar-refractivity contribution is -0.387. The standard InChI is InChI=1S/C21H20F2N4O3S/c1-11-6-5-7-13(8-11)26-12(2)18(20(28)25(3)4)19(24-21(26)31)14-9-17(27(29)30)16(23)10-15(14)22/h5-10,19H,1-4H3,(H,24,31). The summed E-state index contributed by atoms with van der Waals surface area (Å²) in [4.78, 5) is 26.3. The number of amides is 1. The Morgan fingerprint density at radius 1 is 1.19 bits per heavy atom. The molecule has 1 heterocycles. The van der Waals surface area contributed by atoms with Crippen molar-refractivity contribution in [3.63, 3.8) is 0 Å². The van der Waals surface area contributed by atoms with E-state index in [9.17, 15) is 23.7 Å². The molecule has 7 nitrogen and oxygen atoms in total. The number of thiocarbonyl (C=S) groups is 1. The van der Waals surface area contributed by atoms with E-state index in [-0.39, 0.29) is 16.2 Å². The average molecular weight is 446 g/mol. The van der Waals surface area contributed by atoms with Crippen LogP contribution in [0.25, 0.3) is 0 Å². The van der Waals surface area contributed by atoms with Gasteiger partial charge in [-0.05, 0) is 43.8 Å². The molecule has 0 saturated heterocycles. The van der Waals surface area contributed by atoms with Gasteiger partial charge in [-0.15, -0.1) is 0 Å². The molecular weight excluding hydrogens is 426 g/mol. The van der Waals surface area contributed by atoms with E-state index < -0.39 is 34.2 Å². The average Bonchev–Trinajstić information content (AvgIpc) is 2.67. The third-order valence-corrected chi connectivity index (χ3v) is 5.26. The Bertz CT molecular complexity index is 1130. The normalized spacial score (nSPS) is 16.3. The lowest BCUT2D eigenvalue weighted by Gasteiger charge is -2.38. The van der Waals surface area contributed by atoms with Crippen LogP contribution >= 0.6 is 12.2 Å². The number of allylic oxidation sites excluding steroid dienone is 1. The number of likely N-dealkylation sites (N-methyl/N-ethyl adjacent to an activating group) is 1. The van der Waals surface area contributed by atoms with E-state index in [0.717, 1.165) is 11.6 Å². The number of nitrogens with zero attached hydrogens (tertiary/aromatic N) is 3. The van der Waals surface area contributed by atoms with Crippen LogP contribution in [0.2, 0.25) is 0 Å². The van der Waals surface area contributed by atoms with Gasteiger partial charge in [-0.1, -0.05) is 12.1 Å². The lowest BCUT2D eigenvalue weighted by atomic mass is 9.93. The van der Waals surface area contributed by atoms with E-state index >= 15 is 0 Å². The molecule has 0 spiro atoms. The van der Waals surface area contributed by atoms with Crippen molar-refractivity contribution in [1.29, 1.82) is 0 Å². The highest BCUT2D eigenvalue weighted by Gasteiger charge is 2.37. The van der Waals surface area contributed by atoms with Crippen LogP contribution in [0.5, 0.6) is 0 Å². The van der Waals surface area contributed by atoms with Crippen LogP contribution in [0.15, 0.2) is 47.7 Å². The van der Waals surface area contributed by atoms with E-state index in [1.54, 1.807) is 11.8 Å². The maximum Gasteiger partial charge on any atom is 0.305 e. The summed E-state index contributed by atoms with van der Waals surface area (Å²) in [5, 5.41) is 14.3. The predicted octanol–water partition coefficient (Wildman–Crippen LogP) is 3.98. The summed E-state index contributed by atoms with van der Waals surface area (Å²) in [5.41, 5.74) is 1.10. The number of aryl methyl sites for hydroxylation is 1. The first-order valence-corrected chi connectivity index (χ1v) is 9.66. The highest BCUT2D eigenvalue weighted by atomic mass is 32.1. The number of halogens is 2. The van der Waals surface area contributed by atoms with Crippen LogP contribution in [0.1, 0.15) is 24.1 Å². The highest BCUT2D eigenvalue weighted by Crippen LogP contribution is 2.37. The van der Waals surface area contributed by atoms with Crippen molar-refractivity contribution in [2.45, 2.75) is 19.9 Å². The topological polar surface area (TPSA) is 78.7 Å². The molecule has 0 bridgehead atoms. The number of hydrogen-bond acceptors (Lipinski definition) is 4. The van der Waals surface area contributed by atoms with Crippen molar-refractivity contribution in [2.24, 2.45) is 0 Å². The van der Waals surface area contributed by atoms with Crippen molar-refractivity contribution in [1.82, 2.24) is 10.2 Å². The molecule has 1 unspecified atom stereocenters. The predicted molar refractivity (Wildman–Crippen MR) is 117 cm³/mol. The number of nitro benzene ring substituents is 1. The van der Waals surface area contributed by atoms with Crippen molar-refractivity contribution >= 4 is 34.6 Å². The van der Waals surface area contributed by atoms with Crippen LogP contribution < -0.4 is 10.2 Å². The van der Waals surface area contributed by atoms with E-state index in [0.29, 0.717) is 17.5 Å². The minimum atomic E-state index is -1.30. The molecule has 2 aromatic rings. The van der Waals surface area contributed by atoms with Crippen LogP contribution in [0.4, 0.5) is 20.2 Å². The number of hydrogen-bond donors (Lipinski definition) is 1. The summed E-state index contributed by atoms with van der Waals surface area (Å²) in [6.45, 7) is 3.57. The minimum absolute atomic E-state index is 0.139. The first kappa shape index (κ1) is 22.3. The fourth-order valence-corrected chi connectivity index (χ4v) is 3.85. The molecular formula is C21H20F2N4O3S. The van der Waals surface area contributed by atoms with Crippen molar-refractivity contribution in [3.8, 4) is 0 Å². The van der Waals surface area contributed by atoms with Gasteiger partial charge in [0, 0.05) is 43.2 Å². The SMILES string of the molecule is CC1=C(C(=O)N(C)C)C(c2cc([N+](=O)[O-])c(F)cc2F)NC(=S)N1c1cccc(C)c1. The number of benzene rings is 2. The third-order valence-electron chi connectivity index (χ3n) is 4.96. The molecule has 0 aromatic heterocycles. The minimum Gasteiger partial charge on any atom is -0.351 e. The Balaban J connectivity index is 2.25. The van der Waals surface area contributed by atoms with Gasteiger partial charge in [-0.25, -0.2) is 4.39 Å². The molecule has 0 radical (unpaired) electrons. The maximum atomic E-state index is 14.7. The zero-order chi connectivity index (χ0) is 23.0. The Labute approximate surface area is 183 Å². The van der Waals surface area contributed by atoms with Gasteiger partial charge in [0.25, 0.3) is 5.91 Å². The Morgan fingerprint density at radius 2 is 1.87 bits per heavy atom. The first-order chi connectivity index (χ1) is 14.5. The molecule has 162 valence electrons. The van der Waals surface area contributed by atoms with E-state index in [2.05, 4.69) is 5.32 Å². The largest absolute Gasteiger partial charge is 0.351 e. The molecule has 1 aliphatic heterocycles. The molecule has 31 heavy (non-hydrogen) atoms. The van der Waals surface area contributed by atoms with Crippen LogP contribution in [-0.4, -0.2) is 34.9 Å². The number of carbonyl (C=O) groups excluding carboxylic acids is 1. The van der Waals surface area contributed by atoms with E-state index in [1.165, 1.54) is 19.0 Å². The molecule has 3 rings (SSSR count). The molecule has 1 amide bonds. The van der Waals surface area contributed by atoms with Gasteiger partial charge in [0.15, 0.2) is 5.11 Å². The monoisotopic (exact) mass is 446 g/mol. The Morgan fingerprint density at radius 3 is 2.45 bits per heavy atom. The van der Waals surface area contributed by atoms with Crippen LogP contribution in [-0.2, 0) is 4.79 Å². The molecule has 1 N–H and O–H groups in total. The van der Waals surface area contributed by atoms with Gasteiger partial charge in [0.05, 0.1) is 16.5 Å². The van der Waals surface area contributed by atoms with Gasteiger partial charge in [0.1, 0.15) is 5.82 Å². The van der Waals surface area contributed by atoms with Crippen molar-refractivity contribution in [3.05, 3.63) is 80.5 Å². The summed E-state index contributed by atoms with van der Waals surface area (Å²) in [5.74, 6) is -2.77. The van der Waals surface area contributed by atoms with E-state index in [4.69, 9.17) is 12.2 Å².